The maximum atomic E-state index is 12.4. The first kappa shape index (κ1) is 16.1. The average molecular weight is 341 g/mol. The van der Waals surface area contributed by atoms with Crippen molar-refractivity contribution >= 4 is 11.8 Å². The number of benzene rings is 1. The Kier molecular flexibility index (Phi) is 4.06. The van der Waals surface area contributed by atoms with Gasteiger partial charge in [-0.05, 0) is 5.56 Å². The van der Waals surface area contributed by atoms with Crippen molar-refractivity contribution in [1.82, 2.24) is 15.0 Å². The number of aromatic nitrogens is 2. The molecule has 2 amide bonds. The van der Waals surface area contributed by atoms with E-state index >= 15 is 0 Å². The highest BCUT2D eigenvalue weighted by molar-refractivity contribution is 5.97. The molecule has 0 atom stereocenters. The molecule has 2 aromatic rings. The van der Waals surface area contributed by atoms with Gasteiger partial charge in [0.15, 0.2) is 13.1 Å². The molecular formula is C14H12F3N4O3+. The van der Waals surface area contributed by atoms with Crippen LogP contribution in [-0.4, -0.2) is 39.9 Å². The van der Waals surface area contributed by atoms with Gasteiger partial charge in [-0.1, -0.05) is 29.4 Å². The number of halogens is 3. The molecule has 1 aromatic heterocycles. The summed E-state index contributed by atoms with van der Waals surface area (Å²) < 4.78 is 41.5. The zero-order chi connectivity index (χ0) is 17.3. The molecule has 0 unspecified atom stereocenters. The smallest absolute Gasteiger partial charge is 0.331 e. The Morgan fingerprint density at radius 2 is 1.75 bits per heavy atom. The Morgan fingerprint density at radius 3 is 2.29 bits per heavy atom. The summed E-state index contributed by atoms with van der Waals surface area (Å²) in [4.78, 5) is 27.9. The SMILES string of the molecule is O=C1C[NH2+]CC(=O)N1Cc1ccc(-c2noc(C(F)(F)F)n2)cc1. The number of hydrogen-bond acceptors (Lipinski definition) is 5. The zero-order valence-corrected chi connectivity index (χ0v) is 12.2. The number of hydrogen-bond donors (Lipinski definition) is 1. The van der Waals surface area contributed by atoms with Gasteiger partial charge in [0.1, 0.15) is 0 Å². The van der Waals surface area contributed by atoms with Crippen LogP contribution in [0.5, 0.6) is 0 Å². The molecule has 0 radical (unpaired) electrons. The van der Waals surface area contributed by atoms with Gasteiger partial charge in [-0.15, -0.1) is 0 Å². The van der Waals surface area contributed by atoms with Gasteiger partial charge in [0.05, 0.1) is 6.54 Å². The molecule has 0 spiro atoms. The van der Waals surface area contributed by atoms with E-state index < -0.39 is 12.1 Å². The van der Waals surface area contributed by atoms with Crippen LogP contribution in [0.2, 0.25) is 0 Å². The van der Waals surface area contributed by atoms with Crippen LogP contribution in [0.4, 0.5) is 13.2 Å². The summed E-state index contributed by atoms with van der Waals surface area (Å²) in [6.07, 6.45) is -4.70. The van der Waals surface area contributed by atoms with Crippen molar-refractivity contribution in [2.45, 2.75) is 12.7 Å². The van der Waals surface area contributed by atoms with Gasteiger partial charge in [0.25, 0.3) is 11.8 Å². The maximum Gasteiger partial charge on any atom is 0.471 e. The quantitative estimate of drug-likeness (QED) is 0.805. The second-order valence-electron chi connectivity index (χ2n) is 5.19. The minimum absolute atomic E-state index is 0.117. The van der Waals surface area contributed by atoms with Gasteiger partial charge in [0.2, 0.25) is 5.82 Å². The molecule has 0 bridgehead atoms. The topological polar surface area (TPSA) is 92.9 Å². The predicted molar refractivity (Wildman–Crippen MR) is 72.0 cm³/mol. The molecule has 1 saturated heterocycles. The molecule has 2 heterocycles. The fraction of sp³-hybridized carbons (Fsp3) is 0.286. The lowest BCUT2D eigenvalue weighted by Crippen LogP contribution is -2.92. The Morgan fingerprint density at radius 1 is 1.12 bits per heavy atom. The van der Waals surface area contributed by atoms with Gasteiger partial charge >= 0.3 is 12.1 Å². The van der Waals surface area contributed by atoms with Crippen molar-refractivity contribution < 1.29 is 32.6 Å². The summed E-state index contributed by atoms with van der Waals surface area (Å²) in [5, 5.41) is 4.92. The number of carbonyl (C=O) groups is 2. The van der Waals surface area contributed by atoms with Gasteiger partial charge in [-0.3, -0.25) is 14.5 Å². The number of nitrogens with two attached hydrogens (primary N) is 1. The Labute approximate surface area is 133 Å². The summed E-state index contributed by atoms with van der Waals surface area (Å²) in [5.41, 5.74) is 1.00. The highest BCUT2D eigenvalue weighted by atomic mass is 19.4. The average Bonchev–Trinajstić information content (AvgIpc) is 3.02. The molecule has 1 aliphatic rings. The summed E-state index contributed by atoms with van der Waals surface area (Å²) >= 11 is 0. The monoisotopic (exact) mass is 341 g/mol. The van der Waals surface area contributed by atoms with E-state index in [1.54, 1.807) is 17.4 Å². The predicted octanol–water partition coefficient (Wildman–Crippen LogP) is 0.188. The minimum atomic E-state index is -4.70. The van der Waals surface area contributed by atoms with Gasteiger partial charge in [0, 0.05) is 5.56 Å². The van der Waals surface area contributed by atoms with E-state index in [2.05, 4.69) is 14.7 Å². The number of imide groups is 1. The van der Waals surface area contributed by atoms with Crippen LogP contribution in [0.25, 0.3) is 11.4 Å². The lowest BCUT2D eigenvalue weighted by Gasteiger charge is -2.23. The number of alkyl halides is 3. The molecule has 0 saturated carbocycles. The van der Waals surface area contributed by atoms with E-state index in [0.717, 1.165) is 4.90 Å². The zero-order valence-electron chi connectivity index (χ0n) is 12.2. The van der Waals surface area contributed by atoms with E-state index in [4.69, 9.17) is 0 Å². The van der Waals surface area contributed by atoms with E-state index in [1.807, 2.05) is 0 Å². The van der Waals surface area contributed by atoms with Gasteiger partial charge in [-0.2, -0.15) is 18.2 Å². The van der Waals surface area contributed by atoms with Gasteiger partial charge in [-0.25, -0.2) is 0 Å². The number of amides is 2. The first-order chi connectivity index (χ1) is 11.3. The van der Waals surface area contributed by atoms with Crippen LogP contribution in [-0.2, 0) is 22.3 Å². The van der Waals surface area contributed by atoms with Crippen LogP contribution in [0.3, 0.4) is 0 Å². The van der Waals surface area contributed by atoms with Crippen LogP contribution in [0, 0.1) is 0 Å². The number of carbonyl (C=O) groups excluding carboxylic acids is 2. The molecule has 1 aromatic carbocycles. The van der Waals surface area contributed by atoms with Crippen LogP contribution in [0.15, 0.2) is 28.8 Å². The molecule has 0 aliphatic carbocycles. The molecule has 2 N–H and O–H groups in total. The van der Waals surface area contributed by atoms with Crippen molar-refractivity contribution in [2.24, 2.45) is 0 Å². The first-order valence-electron chi connectivity index (χ1n) is 6.99. The van der Waals surface area contributed by atoms with E-state index in [1.165, 1.54) is 12.1 Å². The Balaban J connectivity index is 1.75. The Hall–Kier alpha value is -2.75. The summed E-state index contributed by atoms with van der Waals surface area (Å²) in [6, 6.07) is 6.20. The fourth-order valence-corrected chi connectivity index (χ4v) is 2.25. The highest BCUT2D eigenvalue weighted by Crippen LogP contribution is 2.29. The van der Waals surface area contributed by atoms with Crippen LogP contribution < -0.4 is 5.32 Å². The second kappa shape index (κ2) is 6.04. The number of quaternary nitrogens is 1. The standard InChI is InChI=1S/C14H11F3N4O3/c15-14(16,17)13-19-12(20-24-13)9-3-1-8(2-4-9)7-21-10(22)5-18-6-11(21)23/h1-4,18H,5-7H2/p+1. The highest BCUT2D eigenvalue weighted by Gasteiger charge is 2.38. The molecule has 7 nitrogen and oxygen atoms in total. The molecule has 1 fully saturated rings. The normalized spacial score (nSPS) is 15.9. The first-order valence-corrected chi connectivity index (χ1v) is 6.99. The van der Waals surface area contributed by atoms with Crippen molar-refractivity contribution in [1.29, 1.82) is 0 Å². The molecule has 24 heavy (non-hydrogen) atoms. The number of rotatable bonds is 3. The maximum absolute atomic E-state index is 12.4. The molecule has 126 valence electrons. The number of piperazine rings is 1. The van der Waals surface area contributed by atoms with Crippen LogP contribution >= 0.6 is 0 Å². The molecule has 10 heteroatoms. The third kappa shape index (κ3) is 3.27. The third-order valence-corrected chi connectivity index (χ3v) is 3.46. The lowest BCUT2D eigenvalue weighted by atomic mass is 10.1. The molecule has 3 rings (SSSR count). The van der Waals surface area contributed by atoms with E-state index in [-0.39, 0.29) is 37.3 Å². The van der Waals surface area contributed by atoms with E-state index in [9.17, 15) is 22.8 Å². The van der Waals surface area contributed by atoms with E-state index in [0.29, 0.717) is 11.1 Å². The number of nitrogens with zero attached hydrogens (tertiary/aromatic N) is 3. The van der Waals surface area contributed by atoms with Crippen molar-refractivity contribution in [3.05, 3.63) is 35.7 Å². The second-order valence-corrected chi connectivity index (χ2v) is 5.19. The summed E-state index contributed by atoms with van der Waals surface area (Å²) in [7, 11) is 0. The minimum Gasteiger partial charge on any atom is -0.331 e. The molecular weight excluding hydrogens is 329 g/mol. The molecule has 1 aliphatic heterocycles. The summed E-state index contributed by atoms with van der Waals surface area (Å²) in [6.45, 7) is 0.547. The van der Waals surface area contributed by atoms with Crippen molar-refractivity contribution in [3.63, 3.8) is 0 Å². The lowest BCUT2D eigenvalue weighted by molar-refractivity contribution is -0.638. The Bertz CT molecular complexity index is 754. The third-order valence-electron chi connectivity index (χ3n) is 3.46. The van der Waals surface area contributed by atoms with Gasteiger partial charge < -0.3 is 9.84 Å². The summed E-state index contributed by atoms with van der Waals surface area (Å²) in [5.74, 6) is -2.15. The largest absolute Gasteiger partial charge is 0.471 e. The van der Waals surface area contributed by atoms with Crippen molar-refractivity contribution in [2.75, 3.05) is 13.1 Å². The van der Waals surface area contributed by atoms with Crippen LogP contribution in [0.1, 0.15) is 11.5 Å². The van der Waals surface area contributed by atoms with Crippen molar-refractivity contribution in [3.8, 4) is 11.4 Å². The fourth-order valence-electron chi connectivity index (χ4n) is 2.25.